The third-order valence-electron chi connectivity index (χ3n) is 2.34. The zero-order chi connectivity index (χ0) is 12.1. The number of carboxylic acid groups (broad SMARTS) is 1. The summed E-state index contributed by atoms with van der Waals surface area (Å²) in [6.07, 6.45) is 2.98. The molecule has 2 atom stereocenters. The molecular formula is C10H19NO3S. The highest BCUT2D eigenvalue weighted by atomic mass is 32.2. The van der Waals surface area contributed by atoms with Crippen LogP contribution in [0.3, 0.4) is 0 Å². The summed E-state index contributed by atoms with van der Waals surface area (Å²) in [5.74, 6) is -1.20. The molecule has 0 aromatic carbocycles. The van der Waals surface area contributed by atoms with Gasteiger partial charge in [0.15, 0.2) is 0 Å². The first-order valence-electron chi connectivity index (χ1n) is 4.95. The van der Waals surface area contributed by atoms with Gasteiger partial charge >= 0.3 is 5.97 Å². The molecule has 0 saturated carbocycles. The van der Waals surface area contributed by atoms with Crippen LogP contribution in [0.1, 0.15) is 33.6 Å². The van der Waals surface area contributed by atoms with Crippen LogP contribution in [0.2, 0.25) is 0 Å². The topological polar surface area (TPSA) is 66.4 Å². The first kappa shape index (κ1) is 14.3. The predicted molar refractivity (Wildman–Crippen MR) is 62.1 cm³/mol. The Hall–Kier alpha value is -0.710. The Morgan fingerprint density at radius 1 is 1.53 bits per heavy atom. The van der Waals surface area contributed by atoms with Gasteiger partial charge in [-0.15, -0.1) is 0 Å². The summed E-state index contributed by atoms with van der Waals surface area (Å²) in [4.78, 5) is 22.6. The number of thioether (sulfide) groups is 1. The van der Waals surface area contributed by atoms with E-state index < -0.39 is 11.5 Å². The minimum atomic E-state index is -1.14. The van der Waals surface area contributed by atoms with Crippen LogP contribution in [0, 0.1) is 0 Å². The molecule has 0 aliphatic carbocycles. The van der Waals surface area contributed by atoms with Gasteiger partial charge in [-0.1, -0.05) is 13.3 Å². The van der Waals surface area contributed by atoms with E-state index in [-0.39, 0.29) is 11.2 Å². The molecule has 15 heavy (non-hydrogen) atoms. The van der Waals surface area contributed by atoms with Gasteiger partial charge in [-0.2, -0.15) is 11.8 Å². The lowest BCUT2D eigenvalue weighted by Gasteiger charge is -2.27. The normalized spacial score (nSPS) is 16.5. The summed E-state index contributed by atoms with van der Waals surface area (Å²) in [6.45, 7) is 5.20. The fourth-order valence-corrected chi connectivity index (χ4v) is 1.48. The quantitative estimate of drug-likeness (QED) is 0.729. The lowest BCUT2D eigenvalue weighted by atomic mass is 9.96. The average Bonchev–Trinajstić information content (AvgIpc) is 2.16. The van der Waals surface area contributed by atoms with Gasteiger partial charge in [0.05, 0.1) is 5.25 Å². The Morgan fingerprint density at radius 2 is 2.07 bits per heavy atom. The van der Waals surface area contributed by atoms with Gasteiger partial charge < -0.3 is 10.4 Å². The number of carbonyl (C=O) groups excluding carboxylic acids is 1. The third kappa shape index (κ3) is 4.11. The van der Waals surface area contributed by atoms with E-state index in [1.807, 2.05) is 13.2 Å². The maximum atomic E-state index is 11.6. The van der Waals surface area contributed by atoms with Crippen LogP contribution in [-0.4, -0.2) is 34.0 Å². The van der Waals surface area contributed by atoms with Crippen LogP contribution in [0.15, 0.2) is 0 Å². The van der Waals surface area contributed by atoms with E-state index in [9.17, 15) is 9.59 Å². The van der Waals surface area contributed by atoms with Crippen molar-refractivity contribution in [3.63, 3.8) is 0 Å². The summed E-state index contributed by atoms with van der Waals surface area (Å²) in [6, 6.07) is 0. The summed E-state index contributed by atoms with van der Waals surface area (Å²) in [5, 5.41) is 11.4. The van der Waals surface area contributed by atoms with Crippen LogP contribution in [0.5, 0.6) is 0 Å². The Labute approximate surface area is 94.8 Å². The number of amides is 1. The molecule has 0 fully saturated rings. The van der Waals surface area contributed by atoms with Gasteiger partial charge in [0.2, 0.25) is 5.91 Å². The molecule has 0 radical (unpaired) electrons. The van der Waals surface area contributed by atoms with Crippen molar-refractivity contribution in [3.05, 3.63) is 0 Å². The maximum Gasteiger partial charge on any atom is 0.329 e. The Bertz CT molecular complexity index is 245. The SMILES string of the molecule is CCCC(C)(NC(=O)C(C)SC)C(=O)O. The molecule has 0 spiro atoms. The fourth-order valence-electron chi connectivity index (χ4n) is 1.20. The molecule has 0 aromatic heterocycles. The van der Waals surface area contributed by atoms with Crippen LogP contribution < -0.4 is 5.32 Å². The molecule has 0 aliphatic rings. The van der Waals surface area contributed by atoms with Crippen LogP contribution in [0.25, 0.3) is 0 Å². The van der Waals surface area contributed by atoms with E-state index in [4.69, 9.17) is 5.11 Å². The smallest absolute Gasteiger partial charge is 0.329 e. The van der Waals surface area contributed by atoms with Crippen molar-refractivity contribution in [2.24, 2.45) is 0 Å². The van der Waals surface area contributed by atoms with E-state index in [1.54, 1.807) is 13.8 Å². The van der Waals surface area contributed by atoms with E-state index in [0.717, 1.165) is 6.42 Å². The number of aliphatic carboxylic acids is 1. The molecule has 0 rings (SSSR count). The van der Waals surface area contributed by atoms with Gasteiger partial charge in [0.1, 0.15) is 5.54 Å². The summed E-state index contributed by atoms with van der Waals surface area (Å²) >= 11 is 1.40. The molecular weight excluding hydrogens is 214 g/mol. The number of rotatable bonds is 6. The van der Waals surface area contributed by atoms with Crippen molar-refractivity contribution in [2.75, 3.05) is 6.26 Å². The van der Waals surface area contributed by atoms with Gasteiger partial charge in [-0.3, -0.25) is 4.79 Å². The van der Waals surface area contributed by atoms with Crippen molar-refractivity contribution in [1.29, 1.82) is 0 Å². The minimum absolute atomic E-state index is 0.221. The van der Waals surface area contributed by atoms with Crippen molar-refractivity contribution < 1.29 is 14.7 Å². The van der Waals surface area contributed by atoms with Crippen LogP contribution in [0.4, 0.5) is 0 Å². The standard InChI is InChI=1S/C10H19NO3S/c1-5-6-10(3,9(13)14)11-8(12)7(2)15-4/h7H,5-6H2,1-4H3,(H,11,12)(H,13,14). The largest absolute Gasteiger partial charge is 0.480 e. The summed E-state index contributed by atoms with van der Waals surface area (Å²) in [7, 11) is 0. The van der Waals surface area contributed by atoms with Crippen molar-refractivity contribution >= 4 is 23.6 Å². The zero-order valence-corrected chi connectivity index (χ0v) is 10.5. The van der Waals surface area contributed by atoms with E-state index in [0.29, 0.717) is 6.42 Å². The van der Waals surface area contributed by atoms with E-state index >= 15 is 0 Å². The highest BCUT2D eigenvalue weighted by molar-refractivity contribution is 7.99. The molecule has 1 amide bonds. The average molecular weight is 233 g/mol. The monoisotopic (exact) mass is 233 g/mol. The molecule has 5 heteroatoms. The number of carbonyl (C=O) groups is 2. The highest BCUT2D eigenvalue weighted by Crippen LogP contribution is 2.14. The third-order valence-corrected chi connectivity index (χ3v) is 3.27. The fraction of sp³-hybridized carbons (Fsp3) is 0.800. The van der Waals surface area contributed by atoms with Crippen molar-refractivity contribution in [3.8, 4) is 0 Å². The van der Waals surface area contributed by atoms with Gasteiger partial charge in [0, 0.05) is 0 Å². The lowest BCUT2D eigenvalue weighted by Crippen LogP contribution is -2.54. The second-order valence-electron chi connectivity index (χ2n) is 3.75. The first-order chi connectivity index (χ1) is 6.87. The van der Waals surface area contributed by atoms with Gasteiger partial charge in [0.25, 0.3) is 0 Å². The van der Waals surface area contributed by atoms with Crippen molar-refractivity contribution in [1.82, 2.24) is 5.32 Å². The Kier molecular flexibility index (Phi) is 5.72. The first-order valence-corrected chi connectivity index (χ1v) is 6.24. The molecule has 2 N–H and O–H groups in total. The minimum Gasteiger partial charge on any atom is -0.480 e. The Morgan fingerprint density at radius 3 is 2.40 bits per heavy atom. The van der Waals surface area contributed by atoms with Crippen LogP contribution >= 0.6 is 11.8 Å². The maximum absolute atomic E-state index is 11.6. The molecule has 0 heterocycles. The number of nitrogens with one attached hydrogen (secondary N) is 1. The van der Waals surface area contributed by atoms with E-state index in [1.165, 1.54) is 11.8 Å². The van der Waals surface area contributed by atoms with Gasteiger partial charge in [-0.05, 0) is 26.5 Å². The zero-order valence-electron chi connectivity index (χ0n) is 9.66. The van der Waals surface area contributed by atoms with Crippen LogP contribution in [-0.2, 0) is 9.59 Å². The van der Waals surface area contributed by atoms with Gasteiger partial charge in [-0.25, -0.2) is 4.79 Å². The number of hydrogen-bond donors (Lipinski definition) is 2. The second kappa shape index (κ2) is 6.00. The lowest BCUT2D eigenvalue weighted by molar-refractivity contribution is -0.147. The number of hydrogen-bond acceptors (Lipinski definition) is 3. The predicted octanol–water partition coefficient (Wildman–Crippen LogP) is 1.50. The van der Waals surface area contributed by atoms with E-state index in [2.05, 4.69) is 5.32 Å². The highest BCUT2D eigenvalue weighted by Gasteiger charge is 2.34. The Balaban J connectivity index is 4.55. The molecule has 2 unspecified atom stereocenters. The molecule has 0 saturated heterocycles. The summed E-state index contributed by atoms with van der Waals surface area (Å²) in [5.41, 5.74) is -1.14. The summed E-state index contributed by atoms with van der Waals surface area (Å²) < 4.78 is 0. The second-order valence-corrected chi connectivity index (χ2v) is 4.93. The molecule has 0 bridgehead atoms. The molecule has 88 valence electrons. The molecule has 0 aromatic rings. The molecule has 4 nitrogen and oxygen atoms in total. The number of carboxylic acids is 1. The molecule has 0 aliphatic heterocycles. The van der Waals surface area contributed by atoms with Crippen molar-refractivity contribution in [2.45, 2.75) is 44.4 Å².